The van der Waals surface area contributed by atoms with Crippen LogP contribution >= 0.6 is 0 Å². The Morgan fingerprint density at radius 1 is 1.32 bits per heavy atom. The van der Waals surface area contributed by atoms with Gasteiger partial charge in [-0.2, -0.15) is 0 Å². The van der Waals surface area contributed by atoms with Crippen LogP contribution in [-0.2, 0) is 11.3 Å². The molecule has 0 saturated heterocycles. The van der Waals surface area contributed by atoms with Gasteiger partial charge in [0.05, 0.1) is 0 Å². The molecule has 0 aliphatic carbocycles. The quantitative estimate of drug-likeness (QED) is 0.853. The molecule has 0 bridgehead atoms. The summed E-state index contributed by atoms with van der Waals surface area (Å²) < 4.78 is 0. The maximum atomic E-state index is 12.0. The van der Waals surface area contributed by atoms with Crippen LogP contribution in [0.15, 0.2) is 24.3 Å². The predicted molar refractivity (Wildman–Crippen MR) is 81.1 cm³/mol. The lowest BCUT2D eigenvalue weighted by Gasteiger charge is -2.26. The van der Waals surface area contributed by atoms with Gasteiger partial charge in [-0.25, -0.2) is 0 Å². The van der Waals surface area contributed by atoms with Crippen molar-refractivity contribution < 1.29 is 4.79 Å². The van der Waals surface area contributed by atoms with Crippen LogP contribution < -0.4 is 10.6 Å². The van der Waals surface area contributed by atoms with E-state index in [9.17, 15) is 4.79 Å². The van der Waals surface area contributed by atoms with Gasteiger partial charge in [0.2, 0.25) is 5.91 Å². The smallest absolute Gasteiger partial charge is 0.224 e. The topological polar surface area (TPSA) is 41.1 Å². The minimum Gasteiger partial charge on any atom is -0.326 e. The van der Waals surface area contributed by atoms with Gasteiger partial charge in [-0.1, -0.05) is 39.8 Å². The summed E-state index contributed by atoms with van der Waals surface area (Å²) >= 11 is 0. The van der Waals surface area contributed by atoms with E-state index in [-0.39, 0.29) is 11.3 Å². The van der Waals surface area contributed by atoms with Crippen LogP contribution in [0.1, 0.15) is 39.7 Å². The zero-order chi connectivity index (χ0) is 14.5. The number of amides is 1. The minimum absolute atomic E-state index is 0.0871. The number of carbonyl (C=O) groups is 1. The fraction of sp³-hybridized carbons (Fsp3) is 0.562. The predicted octanol–water partition coefficient (Wildman–Crippen LogP) is 3.42. The average Bonchev–Trinajstić information content (AvgIpc) is 2.28. The molecule has 0 aromatic heterocycles. The SMILES string of the molecule is CNCc1cccc(NC(=O)CC(C)C(C)(C)C)c1. The van der Waals surface area contributed by atoms with Crippen LogP contribution in [0.4, 0.5) is 5.69 Å². The number of benzene rings is 1. The van der Waals surface area contributed by atoms with Crippen molar-refractivity contribution in [1.29, 1.82) is 0 Å². The van der Waals surface area contributed by atoms with Gasteiger partial charge in [0.15, 0.2) is 0 Å². The largest absolute Gasteiger partial charge is 0.326 e. The van der Waals surface area contributed by atoms with Crippen molar-refractivity contribution in [3.63, 3.8) is 0 Å². The second-order valence-corrected chi connectivity index (χ2v) is 6.25. The van der Waals surface area contributed by atoms with Gasteiger partial charge >= 0.3 is 0 Å². The number of nitrogens with one attached hydrogen (secondary N) is 2. The summed E-state index contributed by atoms with van der Waals surface area (Å²) in [7, 11) is 1.91. The first-order valence-corrected chi connectivity index (χ1v) is 6.86. The van der Waals surface area contributed by atoms with Crippen molar-refractivity contribution in [2.75, 3.05) is 12.4 Å². The van der Waals surface area contributed by atoms with E-state index in [0.29, 0.717) is 12.3 Å². The van der Waals surface area contributed by atoms with E-state index < -0.39 is 0 Å². The van der Waals surface area contributed by atoms with Gasteiger partial charge in [0, 0.05) is 18.7 Å². The molecule has 1 amide bonds. The maximum Gasteiger partial charge on any atom is 0.224 e. The molecule has 1 atom stereocenters. The molecule has 0 aliphatic heterocycles. The summed E-state index contributed by atoms with van der Waals surface area (Å²) in [6.45, 7) is 9.43. The zero-order valence-corrected chi connectivity index (χ0v) is 12.7. The Labute approximate surface area is 116 Å². The molecule has 1 aromatic carbocycles. The highest BCUT2D eigenvalue weighted by molar-refractivity contribution is 5.90. The number of hydrogen-bond acceptors (Lipinski definition) is 2. The van der Waals surface area contributed by atoms with Crippen LogP contribution in [0, 0.1) is 11.3 Å². The van der Waals surface area contributed by atoms with Crippen LogP contribution in [0.25, 0.3) is 0 Å². The van der Waals surface area contributed by atoms with Crippen molar-refractivity contribution in [1.82, 2.24) is 5.32 Å². The molecule has 1 unspecified atom stereocenters. The molecule has 2 N–H and O–H groups in total. The third-order valence-corrected chi connectivity index (χ3v) is 3.56. The molecule has 0 saturated carbocycles. The van der Waals surface area contributed by atoms with E-state index in [2.05, 4.69) is 38.3 Å². The number of carbonyl (C=O) groups excluding carboxylic acids is 1. The summed E-state index contributed by atoms with van der Waals surface area (Å²) in [4.78, 5) is 12.0. The zero-order valence-electron chi connectivity index (χ0n) is 12.7. The van der Waals surface area contributed by atoms with Crippen LogP contribution in [0.5, 0.6) is 0 Å². The van der Waals surface area contributed by atoms with E-state index in [1.165, 1.54) is 5.56 Å². The monoisotopic (exact) mass is 262 g/mol. The summed E-state index contributed by atoms with van der Waals surface area (Å²) in [5.74, 6) is 0.442. The first-order valence-electron chi connectivity index (χ1n) is 6.86. The molecule has 3 heteroatoms. The van der Waals surface area contributed by atoms with E-state index in [4.69, 9.17) is 0 Å². The Hall–Kier alpha value is -1.35. The van der Waals surface area contributed by atoms with Gasteiger partial charge in [0.1, 0.15) is 0 Å². The van der Waals surface area contributed by atoms with Gasteiger partial charge in [-0.3, -0.25) is 4.79 Å². The highest BCUT2D eigenvalue weighted by atomic mass is 16.1. The van der Waals surface area contributed by atoms with Crippen molar-refractivity contribution in [3.8, 4) is 0 Å². The summed E-state index contributed by atoms with van der Waals surface area (Å²) in [5, 5.41) is 6.08. The second-order valence-electron chi connectivity index (χ2n) is 6.25. The molecular weight excluding hydrogens is 236 g/mol. The molecule has 3 nitrogen and oxygen atoms in total. The maximum absolute atomic E-state index is 12.0. The molecule has 0 fully saturated rings. The van der Waals surface area contributed by atoms with Gasteiger partial charge in [0.25, 0.3) is 0 Å². The lowest BCUT2D eigenvalue weighted by Crippen LogP contribution is -2.24. The van der Waals surface area contributed by atoms with Crippen molar-refractivity contribution in [2.24, 2.45) is 11.3 Å². The first-order chi connectivity index (χ1) is 8.82. The number of rotatable bonds is 5. The van der Waals surface area contributed by atoms with Crippen LogP contribution in [0.3, 0.4) is 0 Å². The van der Waals surface area contributed by atoms with Crippen molar-refractivity contribution in [2.45, 2.75) is 40.7 Å². The molecule has 0 heterocycles. The molecule has 19 heavy (non-hydrogen) atoms. The molecule has 1 rings (SSSR count). The summed E-state index contributed by atoms with van der Waals surface area (Å²) in [6.07, 6.45) is 0.555. The summed E-state index contributed by atoms with van der Waals surface area (Å²) in [5.41, 5.74) is 2.20. The molecule has 1 aromatic rings. The van der Waals surface area contributed by atoms with E-state index in [1.807, 2.05) is 31.3 Å². The van der Waals surface area contributed by atoms with E-state index in [0.717, 1.165) is 12.2 Å². The van der Waals surface area contributed by atoms with Crippen molar-refractivity contribution in [3.05, 3.63) is 29.8 Å². The number of hydrogen-bond donors (Lipinski definition) is 2. The van der Waals surface area contributed by atoms with E-state index >= 15 is 0 Å². The first kappa shape index (κ1) is 15.7. The standard InChI is InChI=1S/C16H26N2O/c1-12(16(2,3)4)9-15(19)18-14-8-6-7-13(10-14)11-17-5/h6-8,10,12,17H,9,11H2,1-5H3,(H,18,19). The average molecular weight is 262 g/mol. The molecule has 0 aliphatic rings. The highest BCUT2D eigenvalue weighted by Gasteiger charge is 2.22. The summed E-state index contributed by atoms with van der Waals surface area (Å²) in [6, 6.07) is 7.95. The van der Waals surface area contributed by atoms with Crippen LogP contribution in [-0.4, -0.2) is 13.0 Å². The van der Waals surface area contributed by atoms with Crippen molar-refractivity contribution >= 4 is 11.6 Å². The Morgan fingerprint density at radius 3 is 2.58 bits per heavy atom. The molecular formula is C16H26N2O. The van der Waals surface area contributed by atoms with Gasteiger partial charge in [-0.05, 0) is 36.1 Å². The lowest BCUT2D eigenvalue weighted by atomic mass is 9.80. The Morgan fingerprint density at radius 2 is 2.00 bits per heavy atom. The van der Waals surface area contributed by atoms with Crippen LogP contribution in [0.2, 0.25) is 0 Å². The lowest BCUT2D eigenvalue weighted by molar-refractivity contribution is -0.117. The Bertz CT molecular complexity index is 421. The Balaban J connectivity index is 2.59. The minimum atomic E-state index is 0.0871. The normalized spacial score (nSPS) is 13.1. The highest BCUT2D eigenvalue weighted by Crippen LogP contribution is 2.28. The third kappa shape index (κ3) is 5.43. The fourth-order valence-electron chi connectivity index (χ4n) is 1.76. The van der Waals surface area contributed by atoms with Gasteiger partial charge < -0.3 is 10.6 Å². The third-order valence-electron chi connectivity index (χ3n) is 3.56. The molecule has 0 spiro atoms. The number of anilines is 1. The second kappa shape index (κ2) is 6.71. The Kier molecular flexibility index (Phi) is 5.55. The van der Waals surface area contributed by atoms with Gasteiger partial charge in [-0.15, -0.1) is 0 Å². The fourth-order valence-corrected chi connectivity index (χ4v) is 1.76. The molecule has 106 valence electrons. The van der Waals surface area contributed by atoms with E-state index in [1.54, 1.807) is 0 Å². The molecule has 0 radical (unpaired) electrons.